The van der Waals surface area contributed by atoms with Gasteiger partial charge in [-0.3, -0.25) is 4.79 Å². The van der Waals surface area contributed by atoms with Crippen molar-refractivity contribution in [3.8, 4) is 0 Å². The quantitative estimate of drug-likeness (QED) is 0.771. The molecule has 0 fully saturated rings. The fourth-order valence-corrected chi connectivity index (χ4v) is 2.20. The predicted molar refractivity (Wildman–Crippen MR) is 89.0 cm³/mol. The summed E-state index contributed by atoms with van der Waals surface area (Å²) < 4.78 is 38.6. The van der Waals surface area contributed by atoms with Gasteiger partial charge < -0.3 is 11.1 Å². The zero-order valence-electron chi connectivity index (χ0n) is 13.7. The zero-order valence-corrected chi connectivity index (χ0v) is 13.7. The normalized spacial score (nSPS) is 12.1. The Morgan fingerprint density at radius 3 is 2.08 bits per heavy atom. The van der Waals surface area contributed by atoms with Crippen molar-refractivity contribution < 1.29 is 18.0 Å². The lowest BCUT2D eigenvalue weighted by Crippen LogP contribution is -2.15. The van der Waals surface area contributed by atoms with Gasteiger partial charge in [0.2, 0.25) is 0 Å². The fourth-order valence-electron chi connectivity index (χ4n) is 2.20. The summed E-state index contributed by atoms with van der Waals surface area (Å²) in [6.07, 6.45) is -4.57. The average Bonchev–Trinajstić information content (AvgIpc) is 2.47. The minimum absolute atomic E-state index is 0.0430. The molecule has 6 heteroatoms. The van der Waals surface area contributed by atoms with E-state index in [9.17, 15) is 18.0 Å². The van der Waals surface area contributed by atoms with Gasteiger partial charge in [-0.15, -0.1) is 0 Å². The molecule has 3 nitrogen and oxygen atoms in total. The summed E-state index contributed by atoms with van der Waals surface area (Å²) in [5.74, 6) is -0.478. The van der Waals surface area contributed by atoms with Crippen LogP contribution in [-0.2, 0) is 11.6 Å². The Hall–Kier alpha value is -2.50. The van der Waals surface area contributed by atoms with Crippen LogP contribution >= 0.6 is 0 Å². The number of rotatable bonds is 2. The van der Waals surface area contributed by atoms with E-state index in [4.69, 9.17) is 5.73 Å². The molecule has 3 N–H and O–H groups in total. The van der Waals surface area contributed by atoms with E-state index in [-0.39, 0.29) is 16.8 Å². The maximum atomic E-state index is 12.9. The van der Waals surface area contributed by atoms with E-state index in [2.05, 4.69) is 26.1 Å². The summed E-state index contributed by atoms with van der Waals surface area (Å²) >= 11 is 0. The number of hydrogen-bond acceptors (Lipinski definition) is 2. The highest BCUT2D eigenvalue weighted by Crippen LogP contribution is 2.35. The highest BCUT2D eigenvalue weighted by molar-refractivity contribution is 6.04. The molecule has 2 aromatic carbocycles. The lowest BCUT2D eigenvalue weighted by atomic mass is 9.87. The molecule has 0 aliphatic rings. The Morgan fingerprint density at radius 2 is 1.58 bits per heavy atom. The molecule has 0 aliphatic carbocycles. The molecule has 0 aliphatic heterocycles. The van der Waals surface area contributed by atoms with Crippen molar-refractivity contribution in [2.45, 2.75) is 32.4 Å². The molecule has 0 bridgehead atoms. The van der Waals surface area contributed by atoms with E-state index in [1.165, 1.54) is 6.07 Å². The van der Waals surface area contributed by atoms with Crippen LogP contribution in [0.1, 0.15) is 42.3 Å². The van der Waals surface area contributed by atoms with Gasteiger partial charge in [0.25, 0.3) is 5.91 Å². The number of nitrogen functional groups attached to an aromatic ring is 1. The monoisotopic (exact) mass is 336 g/mol. The third kappa shape index (κ3) is 4.07. The minimum Gasteiger partial charge on any atom is -0.398 e. The third-order valence-electron chi connectivity index (χ3n) is 3.63. The molecule has 24 heavy (non-hydrogen) atoms. The van der Waals surface area contributed by atoms with Crippen LogP contribution in [0, 0.1) is 0 Å². The van der Waals surface area contributed by atoms with Gasteiger partial charge in [-0.25, -0.2) is 0 Å². The maximum Gasteiger partial charge on any atom is 0.418 e. The van der Waals surface area contributed by atoms with Gasteiger partial charge in [-0.2, -0.15) is 13.2 Å². The molecule has 0 unspecified atom stereocenters. The first-order chi connectivity index (χ1) is 11.0. The highest BCUT2D eigenvalue weighted by Gasteiger charge is 2.33. The van der Waals surface area contributed by atoms with Crippen molar-refractivity contribution >= 4 is 17.3 Å². The van der Waals surface area contributed by atoms with Crippen molar-refractivity contribution in [3.05, 3.63) is 59.2 Å². The summed E-state index contributed by atoms with van der Waals surface area (Å²) in [6, 6.07) is 10.3. The Morgan fingerprint density at radius 1 is 1.00 bits per heavy atom. The molecule has 0 heterocycles. The number of benzene rings is 2. The van der Waals surface area contributed by atoms with Crippen LogP contribution in [0.2, 0.25) is 0 Å². The van der Waals surface area contributed by atoms with Crippen LogP contribution in [0.15, 0.2) is 42.5 Å². The molecule has 0 spiro atoms. The fraction of sp³-hybridized carbons (Fsp3) is 0.278. The summed E-state index contributed by atoms with van der Waals surface area (Å²) in [4.78, 5) is 12.2. The maximum absolute atomic E-state index is 12.9. The summed E-state index contributed by atoms with van der Waals surface area (Å²) in [7, 11) is 0. The van der Waals surface area contributed by atoms with Gasteiger partial charge in [0.05, 0.1) is 5.56 Å². The molecule has 0 saturated carbocycles. The average molecular weight is 336 g/mol. The molecule has 0 radical (unpaired) electrons. The van der Waals surface area contributed by atoms with Gasteiger partial charge in [-0.1, -0.05) is 32.9 Å². The zero-order chi connectivity index (χ0) is 18.1. The Balaban J connectivity index is 2.21. The van der Waals surface area contributed by atoms with Crippen LogP contribution in [0.4, 0.5) is 24.5 Å². The van der Waals surface area contributed by atoms with Crippen molar-refractivity contribution in [2.24, 2.45) is 0 Å². The first-order valence-corrected chi connectivity index (χ1v) is 7.37. The standard InChI is InChI=1S/C18H19F3N2O/c1-17(2,3)12-6-4-11(5-7-12)16(24)23-13-8-9-15(22)14(10-13)18(19,20)21/h4-10H,22H2,1-3H3,(H,23,24). The Kier molecular flexibility index (Phi) is 4.60. The number of carbonyl (C=O) groups is 1. The second kappa shape index (κ2) is 6.19. The minimum atomic E-state index is -4.57. The molecule has 0 saturated heterocycles. The molecule has 0 atom stereocenters. The highest BCUT2D eigenvalue weighted by atomic mass is 19.4. The van der Waals surface area contributed by atoms with Crippen LogP contribution in [0.25, 0.3) is 0 Å². The molecule has 2 aromatic rings. The molecule has 0 aromatic heterocycles. The predicted octanol–water partition coefficient (Wildman–Crippen LogP) is 4.84. The Labute approximate surface area is 138 Å². The largest absolute Gasteiger partial charge is 0.418 e. The van der Waals surface area contributed by atoms with Crippen LogP contribution in [-0.4, -0.2) is 5.91 Å². The molecule has 1 amide bonds. The molecule has 2 rings (SSSR count). The van der Waals surface area contributed by atoms with E-state index in [0.29, 0.717) is 5.56 Å². The number of carbonyl (C=O) groups excluding carboxylic acids is 1. The van der Waals surface area contributed by atoms with Gasteiger partial charge in [0.15, 0.2) is 0 Å². The van der Waals surface area contributed by atoms with Crippen molar-refractivity contribution in [1.82, 2.24) is 0 Å². The van der Waals surface area contributed by atoms with Crippen molar-refractivity contribution in [3.63, 3.8) is 0 Å². The van der Waals surface area contributed by atoms with E-state index < -0.39 is 17.6 Å². The van der Waals surface area contributed by atoms with E-state index in [1.54, 1.807) is 12.1 Å². The number of nitrogens with two attached hydrogens (primary N) is 1. The summed E-state index contributed by atoms with van der Waals surface area (Å²) in [5, 5.41) is 2.46. The van der Waals surface area contributed by atoms with Crippen LogP contribution in [0.5, 0.6) is 0 Å². The van der Waals surface area contributed by atoms with Crippen LogP contribution < -0.4 is 11.1 Å². The van der Waals surface area contributed by atoms with Crippen molar-refractivity contribution in [1.29, 1.82) is 0 Å². The number of amides is 1. The van der Waals surface area contributed by atoms with Gasteiger partial charge in [0.1, 0.15) is 0 Å². The first kappa shape index (κ1) is 17.8. The topological polar surface area (TPSA) is 55.1 Å². The number of anilines is 2. The van der Waals surface area contributed by atoms with Crippen LogP contribution in [0.3, 0.4) is 0 Å². The third-order valence-corrected chi connectivity index (χ3v) is 3.63. The van der Waals surface area contributed by atoms with E-state index >= 15 is 0 Å². The van der Waals surface area contributed by atoms with Gasteiger partial charge in [0, 0.05) is 16.9 Å². The Bertz CT molecular complexity index is 744. The van der Waals surface area contributed by atoms with Gasteiger partial charge in [-0.05, 0) is 41.3 Å². The molecular weight excluding hydrogens is 317 g/mol. The number of alkyl halides is 3. The van der Waals surface area contributed by atoms with E-state index in [1.807, 2.05) is 12.1 Å². The SMILES string of the molecule is CC(C)(C)c1ccc(C(=O)Nc2ccc(N)c(C(F)(F)F)c2)cc1. The second-order valence-electron chi connectivity index (χ2n) is 6.58. The lowest BCUT2D eigenvalue weighted by Gasteiger charge is -2.19. The lowest BCUT2D eigenvalue weighted by molar-refractivity contribution is -0.136. The number of hydrogen-bond donors (Lipinski definition) is 2. The number of halogens is 3. The van der Waals surface area contributed by atoms with E-state index in [0.717, 1.165) is 17.7 Å². The second-order valence-corrected chi connectivity index (χ2v) is 6.58. The van der Waals surface area contributed by atoms with Crippen molar-refractivity contribution in [2.75, 3.05) is 11.1 Å². The van der Waals surface area contributed by atoms with Gasteiger partial charge >= 0.3 is 6.18 Å². The number of nitrogens with one attached hydrogen (secondary N) is 1. The molecule has 128 valence electrons. The molecular formula is C18H19F3N2O. The summed E-state index contributed by atoms with van der Waals surface area (Å²) in [5.41, 5.74) is 5.42. The smallest absolute Gasteiger partial charge is 0.398 e. The summed E-state index contributed by atoms with van der Waals surface area (Å²) in [6.45, 7) is 6.15. The first-order valence-electron chi connectivity index (χ1n) is 7.37.